The predicted molar refractivity (Wildman–Crippen MR) is 97.2 cm³/mol. The summed E-state index contributed by atoms with van der Waals surface area (Å²) >= 11 is 4.30. The fourth-order valence-electron chi connectivity index (χ4n) is 2.81. The van der Waals surface area contributed by atoms with Crippen molar-refractivity contribution in [3.63, 3.8) is 0 Å². The van der Waals surface area contributed by atoms with Crippen LogP contribution in [0.2, 0.25) is 0 Å². The summed E-state index contributed by atoms with van der Waals surface area (Å²) in [6, 6.07) is 21.9. The molecule has 0 bridgehead atoms. The quantitative estimate of drug-likeness (QED) is 0.537. The van der Waals surface area contributed by atoms with E-state index < -0.39 is 5.31 Å². The molecule has 0 saturated heterocycles. The first-order chi connectivity index (χ1) is 9.58. The number of halogens is 1. The van der Waals surface area contributed by atoms with Gasteiger partial charge in [-0.1, -0.05) is 0 Å². The molecule has 0 aliphatic rings. The maximum atomic E-state index is 4.30. The molecule has 2 aromatic carbocycles. The second-order valence-corrected chi connectivity index (χ2v) is 17.3. The molecule has 108 valence electrons. The van der Waals surface area contributed by atoms with Gasteiger partial charge in [0.2, 0.25) is 0 Å². The van der Waals surface area contributed by atoms with Gasteiger partial charge in [-0.05, 0) is 0 Å². The van der Waals surface area contributed by atoms with Crippen LogP contribution in [0.4, 0.5) is 0 Å². The molecule has 0 N–H and O–H groups in total. The van der Waals surface area contributed by atoms with Gasteiger partial charge in [-0.2, -0.15) is 0 Å². The van der Waals surface area contributed by atoms with Gasteiger partial charge in [-0.25, -0.2) is 0 Å². The molecule has 0 atom stereocenters. The molecule has 2 rings (SSSR count). The topological polar surface area (TPSA) is 0 Å². The summed E-state index contributed by atoms with van der Waals surface area (Å²) in [5, 5.41) is -1.90. The van der Waals surface area contributed by atoms with Crippen molar-refractivity contribution in [3.8, 4) is 0 Å². The van der Waals surface area contributed by atoms with Gasteiger partial charge >= 0.3 is 131 Å². The Bertz CT molecular complexity index is 486. The number of rotatable bonds is 6. The molecule has 0 unspecified atom stereocenters. The Balaban J connectivity index is 2.31. The average molecular weight is 351 g/mol. The minimum absolute atomic E-state index is 1.19. The molecular weight excluding hydrogens is 327 g/mol. The molecule has 0 fully saturated rings. The van der Waals surface area contributed by atoms with Gasteiger partial charge < -0.3 is 0 Å². The fourth-order valence-corrected chi connectivity index (χ4v) is 8.24. The molecular formula is C18H24BrP. The van der Waals surface area contributed by atoms with Crippen molar-refractivity contribution in [2.75, 3.05) is 12.3 Å². The van der Waals surface area contributed by atoms with Gasteiger partial charge in [0.1, 0.15) is 0 Å². The Morgan fingerprint density at radius 2 is 1.05 bits per heavy atom. The van der Waals surface area contributed by atoms with Crippen LogP contribution in [0.25, 0.3) is 0 Å². The van der Waals surface area contributed by atoms with E-state index in [1.54, 1.807) is 0 Å². The average Bonchev–Trinajstić information content (AvgIpc) is 2.49. The third-order valence-corrected chi connectivity index (χ3v) is 14.4. The Morgan fingerprint density at radius 1 is 0.700 bits per heavy atom. The zero-order valence-electron chi connectivity index (χ0n) is 12.4. The van der Waals surface area contributed by atoms with E-state index in [-0.39, 0.29) is 0 Å². The van der Waals surface area contributed by atoms with Gasteiger partial charge in [0.15, 0.2) is 0 Å². The van der Waals surface area contributed by atoms with E-state index in [0.29, 0.717) is 0 Å². The van der Waals surface area contributed by atoms with E-state index in [0.717, 1.165) is 0 Å². The number of hydrogen-bond donors (Lipinski definition) is 0. The molecule has 2 heteroatoms. The summed E-state index contributed by atoms with van der Waals surface area (Å²) < 4.78 is 0. The third kappa shape index (κ3) is 3.71. The van der Waals surface area contributed by atoms with Crippen molar-refractivity contribution in [3.05, 3.63) is 71.8 Å². The van der Waals surface area contributed by atoms with Crippen LogP contribution in [0.5, 0.6) is 0 Å². The molecule has 0 radical (unpaired) electrons. The Labute approximate surface area is 131 Å². The van der Waals surface area contributed by atoms with Crippen LogP contribution >= 0.6 is 20.8 Å². The zero-order valence-corrected chi connectivity index (χ0v) is 14.9. The Morgan fingerprint density at radius 3 is 1.35 bits per heavy atom. The first-order valence-corrected chi connectivity index (χ1v) is 12.4. The van der Waals surface area contributed by atoms with Crippen molar-refractivity contribution in [1.82, 2.24) is 0 Å². The van der Waals surface area contributed by atoms with Gasteiger partial charge in [-0.15, -0.1) is 0 Å². The molecule has 0 aliphatic carbocycles. The minimum atomic E-state index is -1.90. The van der Waals surface area contributed by atoms with E-state index in [4.69, 9.17) is 0 Å². The van der Waals surface area contributed by atoms with Crippen molar-refractivity contribution < 1.29 is 0 Å². The summed E-state index contributed by atoms with van der Waals surface area (Å²) in [5.74, 6) is 0. The molecule has 0 nitrogen and oxygen atoms in total. The molecule has 0 aliphatic heterocycles. The molecule has 20 heavy (non-hydrogen) atoms. The van der Waals surface area contributed by atoms with Crippen molar-refractivity contribution in [2.24, 2.45) is 0 Å². The second kappa shape index (κ2) is 6.41. The Kier molecular flexibility index (Phi) is 5.04. The Hall–Kier alpha value is -0.650. The maximum absolute atomic E-state index is 4.30. The van der Waals surface area contributed by atoms with E-state index in [1.165, 1.54) is 35.8 Å². The van der Waals surface area contributed by atoms with Gasteiger partial charge in [0, 0.05) is 0 Å². The first kappa shape index (κ1) is 15.7. The third-order valence-electron chi connectivity index (χ3n) is 4.42. The molecule has 0 heterocycles. The van der Waals surface area contributed by atoms with Gasteiger partial charge in [0.05, 0.1) is 0 Å². The van der Waals surface area contributed by atoms with E-state index in [9.17, 15) is 0 Å². The number of benzene rings is 2. The molecule has 0 spiro atoms. The van der Waals surface area contributed by atoms with Crippen LogP contribution in [0.15, 0.2) is 60.7 Å². The van der Waals surface area contributed by atoms with E-state index >= 15 is 0 Å². The zero-order chi connectivity index (χ0) is 14.5. The standard InChI is InChI=1S/C18H24BrP/c1-3-20(19,4-2,15-17-11-7-5-8-12-17)16-18-13-9-6-10-14-18/h5-14H,3-4,15-16H2,1-2H3. The molecule has 2 aromatic rings. The normalized spacial score (nSPS) is 13.7. The van der Waals surface area contributed by atoms with Crippen molar-refractivity contribution in [2.45, 2.75) is 26.2 Å². The van der Waals surface area contributed by atoms with Gasteiger partial charge in [-0.3, -0.25) is 0 Å². The van der Waals surface area contributed by atoms with Crippen LogP contribution in [0.3, 0.4) is 0 Å². The predicted octanol–water partition coefficient (Wildman–Crippen LogP) is 6.29. The molecule has 0 aromatic heterocycles. The summed E-state index contributed by atoms with van der Waals surface area (Å²) in [5.41, 5.74) is 2.92. The van der Waals surface area contributed by atoms with Crippen molar-refractivity contribution in [1.29, 1.82) is 0 Å². The van der Waals surface area contributed by atoms with Crippen LogP contribution in [0.1, 0.15) is 25.0 Å². The van der Waals surface area contributed by atoms with Crippen LogP contribution < -0.4 is 0 Å². The SMILES string of the molecule is CCP(Br)(CC)(Cc1ccccc1)Cc1ccccc1. The fraction of sp³-hybridized carbons (Fsp3) is 0.333. The number of hydrogen-bond acceptors (Lipinski definition) is 0. The van der Waals surface area contributed by atoms with Crippen LogP contribution in [-0.2, 0) is 12.3 Å². The summed E-state index contributed by atoms with van der Waals surface area (Å²) in [4.78, 5) is 0. The second-order valence-electron chi connectivity index (χ2n) is 5.74. The monoisotopic (exact) mass is 350 g/mol. The first-order valence-electron chi connectivity index (χ1n) is 7.38. The van der Waals surface area contributed by atoms with E-state index in [2.05, 4.69) is 90.0 Å². The van der Waals surface area contributed by atoms with Crippen molar-refractivity contribution >= 4 is 20.8 Å². The van der Waals surface area contributed by atoms with E-state index in [1.807, 2.05) is 0 Å². The molecule has 0 amide bonds. The van der Waals surface area contributed by atoms with Gasteiger partial charge in [0.25, 0.3) is 0 Å². The van der Waals surface area contributed by atoms with Crippen LogP contribution in [-0.4, -0.2) is 12.3 Å². The molecule has 0 saturated carbocycles. The summed E-state index contributed by atoms with van der Waals surface area (Å²) in [6.07, 6.45) is 4.86. The summed E-state index contributed by atoms with van der Waals surface area (Å²) in [7, 11) is 0. The van der Waals surface area contributed by atoms with Crippen LogP contribution in [0, 0.1) is 0 Å². The summed E-state index contributed by atoms with van der Waals surface area (Å²) in [6.45, 7) is 4.70.